The summed E-state index contributed by atoms with van der Waals surface area (Å²) in [6.45, 7) is 3.72. The van der Waals surface area contributed by atoms with Crippen LogP contribution in [0.1, 0.15) is 18.5 Å². The van der Waals surface area contributed by atoms with Gasteiger partial charge in [0.15, 0.2) is 5.82 Å². The molecule has 1 aromatic rings. The van der Waals surface area contributed by atoms with Crippen molar-refractivity contribution in [3.63, 3.8) is 0 Å². The summed E-state index contributed by atoms with van der Waals surface area (Å²) in [5.41, 5.74) is 0.934. The molecule has 2 fully saturated rings. The maximum Gasteiger partial charge on any atom is 0.151 e. The standard InChI is InChI=1S/C13H19N3O2/c1-9-2-5-12(15-14-9)16-6-7-18-13-10(8-17)3-4-11(13)16/h2,5,10-11,13,17H,3-4,6-8H2,1H3/t10?,11-,13-/m0/s1. The molecule has 2 heterocycles. The van der Waals surface area contributed by atoms with Crippen LogP contribution in [0.5, 0.6) is 0 Å². The van der Waals surface area contributed by atoms with Crippen molar-refractivity contribution >= 4 is 5.82 Å². The van der Waals surface area contributed by atoms with Crippen LogP contribution >= 0.6 is 0 Å². The van der Waals surface area contributed by atoms with E-state index in [0.717, 1.165) is 30.9 Å². The molecule has 2 aliphatic rings. The first-order valence-electron chi connectivity index (χ1n) is 6.59. The zero-order chi connectivity index (χ0) is 12.5. The summed E-state index contributed by atoms with van der Waals surface area (Å²) in [5.74, 6) is 1.20. The lowest BCUT2D eigenvalue weighted by atomic mass is 10.0. The first-order chi connectivity index (χ1) is 8.79. The van der Waals surface area contributed by atoms with Crippen LogP contribution in [0.3, 0.4) is 0 Å². The lowest BCUT2D eigenvalue weighted by Gasteiger charge is -2.39. The van der Waals surface area contributed by atoms with Crippen LogP contribution in [0.15, 0.2) is 12.1 Å². The Morgan fingerprint density at radius 1 is 1.39 bits per heavy atom. The number of hydrogen-bond donors (Lipinski definition) is 1. The van der Waals surface area contributed by atoms with E-state index in [-0.39, 0.29) is 18.6 Å². The van der Waals surface area contributed by atoms with Crippen molar-refractivity contribution in [1.82, 2.24) is 10.2 Å². The molecule has 5 nitrogen and oxygen atoms in total. The molecule has 18 heavy (non-hydrogen) atoms. The van der Waals surface area contributed by atoms with Crippen LogP contribution in [-0.4, -0.2) is 47.2 Å². The quantitative estimate of drug-likeness (QED) is 0.838. The van der Waals surface area contributed by atoms with E-state index in [0.29, 0.717) is 12.6 Å². The molecular formula is C13H19N3O2. The Hall–Kier alpha value is -1.20. The Bertz CT molecular complexity index is 409. The lowest BCUT2D eigenvalue weighted by molar-refractivity contribution is -0.0155. The number of nitrogens with zero attached hydrogens (tertiary/aromatic N) is 3. The lowest BCUT2D eigenvalue weighted by Crippen LogP contribution is -2.51. The van der Waals surface area contributed by atoms with Crippen LogP contribution in [0, 0.1) is 12.8 Å². The second-order valence-corrected chi connectivity index (χ2v) is 5.15. The monoisotopic (exact) mass is 249 g/mol. The third-order valence-electron chi connectivity index (χ3n) is 4.03. The van der Waals surface area contributed by atoms with Crippen molar-refractivity contribution < 1.29 is 9.84 Å². The van der Waals surface area contributed by atoms with Crippen LogP contribution in [0.25, 0.3) is 0 Å². The minimum Gasteiger partial charge on any atom is -0.396 e. The van der Waals surface area contributed by atoms with Crippen LogP contribution in [0.2, 0.25) is 0 Å². The number of anilines is 1. The number of aliphatic hydroxyl groups excluding tert-OH is 1. The molecule has 0 aromatic carbocycles. The maximum absolute atomic E-state index is 9.37. The molecule has 3 atom stereocenters. The minimum absolute atomic E-state index is 0.145. The zero-order valence-corrected chi connectivity index (χ0v) is 10.6. The summed E-state index contributed by atoms with van der Waals surface area (Å²) in [4.78, 5) is 2.29. The average molecular weight is 249 g/mol. The van der Waals surface area contributed by atoms with Gasteiger partial charge in [-0.2, -0.15) is 5.10 Å². The van der Waals surface area contributed by atoms with Crippen LogP contribution in [0.4, 0.5) is 5.82 Å². The smallest absolute Gasteiger partial charge is 0.151 e. The largest absolute Gasteiger partial charge is 0.396 e. The fourth-order valence-corrected chi connectivity index (χ4v) is 3.09. The summed E-state index contributed by atoms with van der Waals surface area (Å²) >= 11 is 0. The first kappa shape index (κ1) is 11.9. The highest BCUT2D eigenvalue weighted by Crippen LogP contribution is 2.35. The van der Waals surface area contributed by atoms with E-state index in [9.17, 15) is 5.11 Å². The molecule has 0 radical (unpaired) electrons. The van der Waals surface area contributed by atoms with E-state index in [1.807, 2.05) is 19.1 Å². The van der Waals surface area contributed by atoms with Crippen molar-refractivity contribution in [3.8, 4) is 0 Å². The second kappa shape index (κ2) is 4.82. The van der Waals surface area contributed by atoms with Gasteiger partial charge in [0.25, 0.3) is 0 Å². The van der Waals surface area contributed by atoms with E-state index in [1.54, 1.807) is 0 Å². The van der Waals surface area contributed by atoms with E-state index in [4.69, 9.17) is 4.74 Å². The number of aromatic nitrogens is 2. The molecule has 1 saturated carbocycles. The van der Waals surface area contributed by atoms with Crippen molar-refractivity contribution in [3.05, 3.63) is 17.8 Å². The second-order valence-electron chi connectivity index (χ2n) is 5.15. The summed E-state index contributed by atoms with van der Waals surface area (Å²) in [6, 6.07) is 4.36. The molecule has 98 valence electrons. The average Bonchev–Trinajstić information content (AvgIpc) is 2.82. The highest BCUT2D eigenvalue weighted by atomic mass is 16.5. The number of aliphatic hydroxyl groups is 1. The summed E-state index contributed by atoms with van der Waals surface area (Å²) in [7, 11) is 0. The Balaban J connectivity index is 1.82. The number of rotatable bonds is 2. The van der Waals surface area contributed by atoms with Crippen molar-refractivity contribution in [2.75, 3.05) is 24.7 Å². The van der Waals surface area contributed by atoms with Crippen LogP contribution < -0.4 is 4.90 Å². The number of fused-ring (bicyclic) bond motifs is 1. The van der Waals surface area contributed by atoms with Gasteiger partial charge in [0.05, 0.1) is 24.4 Å². The molecule has 1 aliphatic heterocycles. The van der Waals surface area contributed by atoms with Gasteiger partial charge >= 0.3 is 0 Å². The van der Waals surface area contributed by atoms with Gasteiger partial charge in [-0.15, -0.1) is 5.10 Å². The predicted octanol–water partition coefficient (Wildman–Crippen LogP) is 0.761. The first-order valence-corrected chi connectivity index (χ1v) is 6.59. The molecule has 0 amide bonds. The van der Waals surface area contributed by atoms with Gasteiger partial charge in [0.2, 0.25) is 0 Å². The van der Waals surface area contributed by atoms with Gasteiger partial charge < -0.3 is 14.7 Å². The van der Waals surface area contributed by atoms with Gasteiger partial charge in [-0.05, 0) is 31.9 Å². The van der Waals surface area contributed by atoms with Gasteiger partial charge in [-0.1, -0.05) is 0 Å². The third-order valence-corrected chi connectivity index (χ3v) is 4.03. The van der Waals surface area contributed by atoms with E-state index in [2.05, 4.69) is 15.1 Å². The van der Waals surface area contributed by atoms with E-state index in [1.165, 1.54) is 0 Å². The minimum atomic E-state index is 0.145. The number of aryl methyl sites for hydroxylation is 1. The molecule has 5 heteroatoms. The Morgan fingerprint density at radius 3 is 3.00 bits per heavy atom. The number of ether oxygens (including phenoxy) is 1. The topological polar surface area (TPSA) is 58.5 Å². The molecule has 0 bridgehead atoms. The van der Waals surface area contributed by atoms with Gasteiger partial charge in [0, 0.05) is 19.1 Å². The van der Waals surface area contributed by atoms with Crippen molar-refractivity contribution in [2.24, 2.45) is 5.92 Å². The fourth-order valence-electron chi connectivity index (χ4n) is 3.09. The summed E-state index contributed by atoms with van der Waals surface area (Å²) in [5, 5.41) is 17.8. The molecular weight excluding hydrogens is 230 g/mol. The molecule has 3 rings (SSSR count). The van der Waals surface area contributed by atoms with Gasteiger partial charge in [0.1, 0.15) is 0 Å². The normalized spacial score (nSPS) is 31.4. The molecule has 1 saturated heterocycles. The molecule has 1 aliphatic carbocycles. The Morgan fingerprint density at radius 2 is 2.28 bits per heavy atom. The zero-order valence-electron chi connectivity index (χ0n) is 10.6. The number of hydrogen-bond acceptors (Lipinski definition) is 5. The summed E-state index contributed by atoms with van der Waals surface area (Å²) in [6.07, 6.45) is 2.24. The molecule has 1 aromatic heterocycles. The molecule has 1 unspecified atom stereocenters. The Labute approximate surface area is 107 Å². The predicted molar refractivity (Wildman–Crippen MR) is 67.5 cm³/mol. The van der Waals surface area contributed by atoms with Gasteiger partial charge in [-0.25, -0.2) is 0 Å². The van der Waals surface area contributed by atoms with Crippen molar-refractivity contribution in [2.45, 2.75) is 31.9 Å². The molecule has 0 spiro atoms. The number of morpholine rings is 1. The SMILES string of the molecule is Cc1ccc(N2CCO[C@H]3C(CO)CC[C@@H]32)nn1. The van der Waals surface area contributed by atoms with E-state index < -0.39 is 0 Å². The van der Waals surface area contributed by atoms with E-state index >= 15 is 0 Å². The van der Waals surface area contributed by atoms with Crippen molar-refractivity contribution in [1.29, 1.82) is 0 Å². The third kappa shape index (κ3) is 1.97. The summed E-state index contributed by atoms with van der Waals surface area (Å²) < 4.78 is 5.83. The van der Waals surface area contributed by atoms with Gasteiger partial charge in [-0.3, -0.25) is 0 Å². The Kier molecular flexibility index (Phi) is 3.18. The maximum atomic E-state index is 9.37. The van der Waals surface area contributed by atoms with Crippen LogP contribution in [-0.2, 0) is 4.74 Å². The highest BCUT2D eigenvalue weighted by molar-refractivity contribution is 5.40. The fraction of sp³-hybridized carbons (Fsp3) is 0.692. The molecule has 1 N–H and O–H groups in total. The highest BCUT2D eigenvalue weighted by Gasteiger charge is 2.42.